The number of nitrogens with two attached hydrogens (primary N) is 1. The molecular weight excluding hydrogens is 434 g/mol. The van der Waals surface area contributed by atoms with Gasteiger partial charge in [-0.25, -0.2) is 14.2 Å². The van der Waals surface area contributed by atoms with Gasteiger partial charge in [0.05, 0.1) is 25.2 Å². The fourth-order valence-corrected chi connectivity index (χ4v) is 4.12. The highest BCUT2D eigenvalue weighted by Gasteiger charge is 2.48. The second kappa shape index (κ2) is 9.99. The maximum absolute atomic E-state index is 13.3. The fourth-order valence-electron chi connectivity index (χ4n) is 4.12. The number of carbonyl (C=O) groups excluding carboxylic acids is 2. The van der Waals surface area contributed by atoms with Crippen molar-refractivity contribution in [3.63, 3.8) is 0 Å². The predicted octanol–water partition coefficient (Wildman–Crippen LogP) is 2.52. The molecule has 4 N–H and O–H groups in total. The Hall–Kier alpha value is -2.47. The van der Waals surface area contributed by atoms with Crippen LogP contribution in [0.5, 0.6) is 0 Å². The standard InChI is InChI=1S/C20H27F4N5O3/c1-32-10-14(29-9-15(20(22,23)24)27-19(29)31)12-6-7-26-16(8-12)28-18(30)17(25)11-2-4-13(21)5-3-11/h6-8,11,13-15,17H,2-5,9-10,25H2,1H3,(H,27,31)(H,26,28,30)/t11?,13?,14-,15+,17?/m1/s1. The number of nitrogens with zero attached hydrogens (tertiary/aromatic N) is 2. The van der Waals surface area contributed by atoms with Crippen LogP contribution in [-0.2, 0) is 9.53 Å². The third-order valence-corrected chi connectivity index (χ3v) is 5.97. The topological polar surface area (TPSA) is 110 Å². The molecule has 2 heterocycles. The number of amides is 3. The third-order valence-electron chi connectivity index (χ3n) is 5.97. The van der Waals surface area contributed by atoms with Crippen molar-refractivity contribution < 1.29 is 31.9 Å². The van der Waals surface area contributed by atoms with Gasteiger partial charge in [0.25, 0.3) is 0 Å². The molecule has 178 valence electrons. The van der Waals surface area contributed by atoms with E-state index in [1.807, 2.05) is 5.32 Å². The molecule has 1 aromatic heterocycles. The van der Waals surface area contributed by atoms with E-state index in [4.69, 9.17) is 10.5 Å². The molecule has 1 saturated heterocycles. The van der Waals surface area contributed by atoms with Gasteiger partial charge in [-0.05, 0) is 49.3 Å². The molecule has 0 bridgehead atoms. The number of rotatable bonds is 7. The molecule has 2 fully saturated rings. The summed E-state index contributed by atoms with van der Waals surface area (Å²) in [6.45, 7) is -0.621. The molecule has 3 atom stereocenters. The Morgan fingerprint density at radius 1 is 1.38 bits per heavy atom. The van der Waals surface area contributed by atoms with Crippen molar-refractivity contribution in [1.82, 2.24) is 15.2 Å². The van der Waals surface area contributed by atoms with Crippen LogP contribution in [0.3, 0.4) is 0 Å². The number of hydrogen-bond acceptors (Lipinski definition) is 5. The molecule has 1 saturated carbocycles. The van der Waals surface area contributed by atoms with Crippen LogP contribution in [0.4, 0.5) is 28.2 Å². The molecule has 0 spiro atoms. The second-order valence-electron chi connectivity index (χ2n) is 8.17. The lowest BCUT2D eigenvalue weighted by atomic mass is 9.83. The summed E-state index contributed by atoms with van der Waals surface area (Å²) >= 11 is 0. The predicted molar refractivity (Wildman–Crippen MR) is 107 cm³/mol. The van der Waals surface area contributed by atoms with Gasteiger partial charge in [-0.1, -0.05) is 0 Å². The van der Waals surface area contributed by atoms with Crippen LogP contribution < -0.4 is 16.4 Å². The maximum Gasteiger partial charge on any atom is 0.410 e. The molecule has 1 aliphatic heterocycles. The summed E-state index contributed by atoms with van der Waals surface area (Å²) in [5, 5.41) is 4.55. The van der Waals surface area contributed by atoms with Gasteiger partial charge in [-0.2, -0.15) is 13.2 Å². The maximum atomic E-state index is 13.3. The van der Waals surface area contributed by atoms with Crippen LogP contribution in [-0.4, -0.2) is 66.5 Å². The molecule has 1 aromatic rings. The zero-order chi connectivity index (χ0) is 23.5. The minimum atomic E-state index is -4.57. The average molecular weight is 461 g/mol. The molecule has 0 radical (unpaired) electrons. The summed E-state index contributed by atoms with van der Waals surface area (Å²) in [7, 11) is 1.37. The molecule has 1 unspecified atom stereocenters. The zero-order valence-electron chi connectivity index (χ0n) is 17.6. The van der Waals surface area contributed by atoms with E-state index in [2.05, 4.69) is 10.3 Å². The Bertz CT molecular complexity index is 817. The van der Waals surface area contributed by atoms with Gasteiger partial charge < -0.3 is 26.0 Å². The summed E-state index contributed by atoms with van der Waals surface area (Å²) < 4.78 is 57.6. The number of hydrogen-bond donors (Lipinski definition) is 3. The first-order valence-corrected chi connectivity index (χ1v) is 10.4. The molecule has 8 nitrogen and oxygen atoms in total. The fraction of sp³-hybridized carbons (Fsp3) is 0.650. The summed E-state index contributed by atoms with van der Waals surface area (Å²) in [5.41, 5.74) is 6.50. The molecule has 2 aliphatic rings. The first kappa shape index (κ1) is 24.2. The van der Waals surface area contributed by atoms with E-state index in [0.29, 0.717) is 31.2 Å². The summed E-state index contributed by atoms with van der Waals surface area (Å²) in [6, 6.07) is -1.48. The molecular formula is C20H27F4N5O3. The van der Waals surface area contributed by atoms with E-state index in [1.165, 1.54) is 25.4 Å². The van der Waals surface area contributed by atoms with Gasteiger partial charge in [0.2, 0.25) is 5.91 Å². The van der Waals surface area contributed by atoms with Gasteiger partial charge in [-0.3, -0.25) is 4.79 Å². The summed E-state index contributed by atoms with van der Waals surface area (Å²) in [5.74, 6) is -0.467. The van der Waals surface area contributed by atoms with E-state index < -0.39 is 49.0 Å². The van der Waals surface area contributed by atoms with Crippen molar-refractivity contribution in [2.75, 3.05) is 25.6 Å². The smallest absolute Gasteiger partial charge is 0.382 e. The number of alkyl halides is 4. The Morgan fingerprint density at radius 2 is 2.06 bits per heavy atom. The second-order valence-corrected chi connectivity index (χ2v) is 8.17. The molecule has 12 heteroatoms. The molecule has 3 amide bonds. The number of carbonyl (C=O) groups is 2. The van der Waals surface area contributed by atoms with Gasteiger partial charge in [0.15, 0.2) is 0 Å². The van der Waals surface area contributed by atoms with Crippen LogP contribution in [0.2, 0.25) is 0 Å². The van der Waals surface area contributed by atoms with Gasteiger partial charge in [-0.15, -0.1) is 0 Å². The number of halogens is 4. The number of nitrogens with one attached hydrogen (secondary N) is 2. The minimum Gasteiger partial charge on any atom is -0.382 e. The van der Waals surface area contributed by atoms with Crippen LogP contribution in [0.25, 0.3) is 0 Å². The largest absolute Gasteiger partial charge is 0.410 e. The molecule has 32 heavy (non-hydrogen) atoms. The van der Waals surface area contributed by atoms with Crippen molar-refractivity contribution in [3.8, 4) is 0 Å². The lowest BCUT2D eigenvalue weighted by Gasteiger charge is -2.28. The molecule has 3 rings (SSSR count). The summed E-state index contributed by atoms with van der Waals surface area (Å²) in [4.78, 5) is 29.9. The quantitative estimate of drug-likeness (QED) is 0.541. The highest BCUT2D eigenvalue weighted by Crippen LogP contribution is 2.31. The van der Waals surface area contributed by atoms with E-state index in [-0.39, 0.29) is 18.3 Å². The highest BCUT2D eigenvalue weighted by molar-refractivity contribution is 5.94. The minimum absolute atomic E-state index is 0.0542. The van der Waals surface area contributed by atoms with E-state index in [0.717, 1.165) is 4.90 Å². The van der Waals surface area contributed by atoms with Gasteiger partial charge in [0, 0.05) is 13.3 Å². The average Bonchev–Trinajstić information content (AvgIpc) is 3.14. The Balaban J connectivity index is 1.71. The number of ether oxygens (including phenoxy) is 1. The molecule has 1 aliphatic carbocycles. The van der Waals surface area contributed by atoms with Crippen molar-refractivity contribution in [3.05, 3.63) is 23.9 Å². The van der Waals surface area contributed by atoms with E-state index >= 15 is 0 Å². The number of urea groups is 1. The zero-order valence-corrected chi connectivity index (χ0v) is 17.6. The monoisotopic (exact) mass is 461 g/mol. The van der Waals surface area contributed by atoms with Crippen molar-refractivity contribution in [2.45, 2.75) is 56.2 Å². The van der Waals surface area contributed by atoms with Crippen LogP contribution in [0.1, 0.15) is 37.3 Å². The highest BCUT2D eigenvalue weighted by atomic mass is 19.4. The number of anilines is 1. The Labute approximate surface area is 182 Å². The van der Waals surface area contributed by atoms with Gasteiger partial charge in [0.1, 0.15) is 18.0 Å². The van der Waals surface area contributed by atoms with E-state index in [9.17, 15) is 27.2 Å². The van der Waals surface area contributed by atoms with E-state index in [1.54, 1.807) is 0 Å². The SMILES string of the molecule is COC[C@H](c1ccnc(NC(=O)C(N)C2CCC(F)CC2)c1)N1C[C@@H](C(F)(F)F)NC1=O. The lowest BCUT2D eigenvalue weighted by molar-refractivity contribution is -0.150. The third kappa shape index (κ3) is 5.66. The Kier molecular flexibility index (Phi) is 7.55. The lowest BCUT2D eigenvalue weighted by Crippen LogP contribution is -2.43. The van der Waals surface area contributed by atoms with Crippen LogP contribution >= 0.6 is 0 Å². The van der Waals surface area contributed by atoms with Crippen LogP contribution in [0.15, 0.2) is 18.3 Å². The van der Waals surface area contributed by atoms with Crippen molar-refractivity contribution >= 4 is 17.8 Å². The van der Waals surface area contributed by atoms with Crippen LogP contribution in [0, 0.1) is 5.92 Å². The first-order chi connectivity index (χ1) is 15.1. The number of aromatic nitrogens is 1. The molecule has 0 aromatic carbocycles. The normalized spacial score (nSPS) is 25.9. The van der Waals surface area contributed by atoms with Gasteiger partial charge >= 0.3 is 12.2 Å². The summed E-state index contributed by atoms with van der Waals surface area (Å²) in [6.07, 6.45) is -2.28. The first-order valence-electron chi connectivity index (χ1n) is 10.4. The Morgan fingerprint density at radius 3 is 2.66 bits per heavy atom. The van der Waals surface area contributed by atoms with Crippen molar-refractivity contribution in [2.24, 2.45) is 11.7 Å². The van der Waals surface area contributed by atoms with Crippen molar-refractivity contribution in [1.29, 1.82) is 0 Å². The number of methoxy groups -OCH3 is 1. The number of pyridine rings is 1.